The zero-order valence-corrected chi connectivity index (χ0v) is 16.3. The highest BCUT2D eigenvalue weighted by Crippen LogP contribution is 2.30. The molecule has 5 rings (SSSR count). The normalized spacial score (nSPS) is 19.8. The summed E-state index contributed by atoms with van der Waals surface area (Å²) < 4.78 is 5.01. The molecule has 1 fully saturated rings. The lowest BCUT2D eigenvalue weighted by Gasteiger charge is -2.26. The van der Waals surface area contributed by atoms with Gasteiger partial charge in [-0.05, 0) is 44.2 Å². The Bertz CT molecular complexity index is 1260. The van der Waals surface area contributed by atoms with E-state index in [1.807, 2.05) is 19.2 Å². The molecule has 0 amide bonds. The van der Waals surface area contributed by atoms with E-state index >= 15 is 0 Å². The maximum atomic E-state index is 12.9. The number of aliphatic hydroxyl groups excluding tert-OH is 1. The van der Waals surface area contributed by atoms with Gasteiger partial charge in [-0.1, -0.05) is 0 Å². The van der Waals surface area contributed by atoms with Gasteiger partial charge < -0.3 is 10.4 Å². The Morgan fingerprint density at radius 1 is 1.21 bits per heavy atom. The zero-order valence-electron chi connectivity index (χ0n) is 16.3. The fraction of sp³-hybridized carbons (Fsp3) is 0.421. The molecule has 0 aliphatic heterocycles. The Hall–Kier alpha value is -3.27. The van der Waals surface area contributed by atoms with Crippen LogP contribution in [-0.2, 0) is 7.05 Å². The molecule has 0 spiro atoms. The molecule has 10 heteroatoms. The van der Waals surface area contributed by atoms with Crippen molar-refractivity contribution in [1.82, 2.24) is 33.7 Å². The molecule has 0 radical (unpaired) electrons. The number of aromatic nitrogens is 7. The summed E-state index contributed by atoms with van der Waals surface area (Å²) >= 11 is 0. The maximum absolute atomic E-state index is 12.9. The van der Waals surface area contributed by atoms with Crippen LogP contribution in [0.4, 0.5) is 11.6 Å². The summed E-state index contributed by atoms with van der Waals surface area (Å²) in [5, 5.41) is 17.2. The second-order valence-electron chi connectivity index (χ2n) is 7.63. The number of pyridine rings is 1. The van der Waals surface area contributed by atoms with Crippen molar-refractivity contribution in [3.05, 3.63) is 40.8 Å². The molecule has 0 unspecified atom stereocenters. The van der Waals surface area contributed by atoms with Gasteiger partial charge >= 0.3 is 5.69 Å². The number of aryl methyl sites for hydroxylation is 2. The molecule has 10 nitrogen and oxygen atoms in total. The average Bonchev–Trinajstić information content (AvgIpc) is 3.25. The lowest BCUT2D eigenvalue weighted by molar-refractivity contribution is 0.110. The summed E-state index contributed by atoms with van der Waals surface area (Å²) in [7, 11) is 1.73. The Labute approximate surface area is 165 Å². The fourth-order valence-corrected chi connectivity index (χ4v) is 4.05. The molecule has 1 aliphatic rings. The summed E-state index contributed by atoms with van der Waals surface area (Å²) in [6.45, 7) is 1.97. The van der Waals surface area contributed by atoms with Gasteiger partial charge in [-0.3, -0.25) is 9.13 Å². The first-order valence-electron chi connectivity index (χ1n) is 9.70. The number of anilines is 2. The summed E-state index contributed by atoms with van der Waals surface area (Å²) in [4.78, 5) is 26.1. The third-order valence-electron chi connectivity index (χ3n) is 5.73. The monoisotopic (exact) mass is 394 g/mol. The molecule has 0 aromatic carbocycles. The van der Waals surface area contributed by atoms with Crippen LogP contribution in [0.1, 0.15) is 37.3 Å². The SMILES string of the molecule is Cc1cc2ncnn2cc1Nc1ncc2c(n1)n([C@H]1CC[C@@H](O)CC1)c(=O)n2C. The van der Waals surface area contributed by atoms with Crippen molar-refractivity contribution in [2.75, 3.05) is 5.32 Å². The van der Waals surface area contributed by atoms with E-state index in [1.165, 1.54) is 6.33 Å². The molecule has 29 heavy (non-hydrogen) atoms. The molecule has 0 atom stereocenters. The summed E-state index contributed by atoms with van der Waals surface area (Å²) in [6.07, 6.45) is 7.64. The first-order valence-corrected chi connectivity index (χ1v) is 9.70. The van der Waals surface area contributed by atoms with E-state index in [0.717, 1.165) is 29.7 Å². The third-order valence-corrected chi connectivity index (χ3v) is 5.73. The largest absolute Gasteiger partial charge is 0.393 e. The Morgan fingerprint density at radius 2 is 2.00 bits per heavy atom. The molecule has 4 heterocycles. The van der Waals surface area contributed by atoms with Gasteiger partial charge in [0.15, 0.2) is 11.3 Å². The topological polar surface area (TPSA) is 115 Å². The van der Waals surface area contributed by atoms with Crippen LogP contribution in [-0.4, -0.2) is 44.9 Å². The first-order chi connectivity index (χ1) is 14.0. The summed E-state index contributed by atoms with van der Waals surface area (Å²) in [5.41, 5.74) is 3.76. The van der Waals surface area contributed by atoms with Gasteiger partial charge in [-0.2, -0.15) is 10.1 Å². The van der Waals surface area contributed by atoms with Crippen molar-refractivity contribution < 1.29 is 5.11 Å². The van der Waals surface area contributed by atoms with Crippen LogP contribution in [0.2, 0.25) is 0 Å². The predicted octanol–water partition coefficient (Wildman–Crippen LogP) is 1.70. The minimum atomic E-state index is -0.279. The van der Waals surface area contributed by atoms with Crippen molar-refractivity contribution in [2.45, 2.75) is 44.8 Å². The van der Waals surface area contributed by atoms with Crippen LogP contribution in [0, 0.1) is 6.92 Å². The van der Waals surface area contributed by atoms with E-state index in [9.17, 15) is 9.90 Å². The van der Waals surface area contributed by atoms with Crippen molar-refractivity contribution in [1.29, 1.82) is 0 Å². The van der Waals surface area contributed by atoms with E-state index in [1.54, 1.807) is 26.9 Å². The second-order valence-corrected chi connectivity index (χ2v) is 7.63. The molecular formula is C19H22N8O2. The minimum absolute atomic E-state index is 0.0329. The van der Waals surface area contributed by atoms with Crippen LogP contribution in [0.5, 0.6) is 0 Å². The van der Waals surface area contributed by atoms with Crippen molar-refractivity contribution >= 4 is 28.4 Å². The Morgan fingerprint density at radius 3 is 2.79 bits per heavy atom. The average molecular weight is 394 g/mol. The van der Waals surface area contributed by atoms with E-state index < -0.39 is 0 Å². The van der Waals surface area contributed by atoms with Gasteiger partial charge in [0.2, 0.25) is 5.95 Å². The van der Waals surface area contributed by atoms with Crippen molar-refractivity contribution in [3.8, 4) is 0 Å². The second kappa shape index (κ2) is 6.66. The van der Waals surface area contributed by atoms with E-state index in [0.29, 0.717) is 30.0 Å². The Balaban J connectivity index is 1.56. The van der Waals surface area contributed by atoms with Gasteiger partial charge in [0.25, 0.3) is 0 Å². The highest BCUT2D eigenvalue weighted by atomic mass is 16.3. The molecule has 150 valence electrons. The van der Waals surface area contributed by atoms with E-state index in [-0.39, 0.29) is 17.8 Å². The smallest absolute Gasteiger partial charge is 0.330 e. The van der Waals surface area contributed by atoms with Gasteiger partial charge in [-0.25, -0.2) is 19.3 Å². The van der Waals surface area contributed by atoms with E-state index in [2.05, 4.69) is 25.4 Å². The summed E-state index contributed by atoms with van der Waals surface area (Å²) in [5.74, 6) is 0.412. The molecule has 1 aliphatic carbocycles. The number of hydrogen-bond donors (Lipinski definition) is 2. The number of nitrogens with zero attached hydrogens (tertiary/aromatic N) is 7. The number of rotatable bonds is 3. The van der Waals surface area contributed by atoms with Crippen molar-refractivity contribution in [2.24, 2.45) is 7.05 Å². The molecular weight excluding hydrogens is 372 g/mol. The van der Waals surface area contributed by atoms with E-state index in [4.69, 9.17) is 0 Å². The maximum Gasteiger partial charge on any atom is 0.330 e. The number of fused-ring (bicyclic) bond motifs is 2. The lowest BCUT2D eigenvalue weighted by atomic mass is 9.93. The predicted molar refractivity (Wildman–Crippen MR) is 107 cm³/mol. The van der Waals surface area contributed by atoms with Crippen LogP contribution in [0.15, 0.2) is 29.6 Å². The fourth-order valence-electron chi connectivity index (χ4n) is 4.05. The van der Waals surface area contributed by atoms with Gasteiger partial charge in [-0.15, -0.1) is 0 Å². The van der Waals surface area contributed by atoms with Gasteiger partial charge in [0, 0.05) is 13.1 Å². The summed E-state index contributed by atoms with van der Waals surface area (Å²) in [6, 6.07) is 1.96. The van der Waals surface area contributed by atoms with Crippen LogP contribution in [0.25, 0.3) is 16.8 Å². The quantitative estimate of drug-likeness (QED) is 0.543. The molecule has 4 aromatic rings. The first kappa shape index (κ1) is 17.8. The van der Waals surface area contributed by atoms with Gasteiger partial charge in [0.05, 0.1) is 24.2 Å². The molecule has 2 N–H and O–H groups in total. The minimum Gasteiger partial charge on any atom is -0.393 e. The Kier molecular flexibility index (Phi) is 4.09. The molecule has 0 bridgehead atoms. The van der Waals surface area contributed by atoms with Crippen molar-refractivity contribution in [3.63, 3.8) is 0 Å². The van der Waals surface area contributed by atoms with Crippen LogP contribution >= 0.6 is 0 Å². The number of hydrogen-bond acceptors (Lipinski definition) is 7. The molecule has 1 saturated carbocycles. The molecule has 0 saturated heterocycles. The van der Waals surface area contributed by atoms with Crippen LogP contribution in [0.3, 0.4) is 0 Å². The molecule has 4 aromatic heterocycles. The van der Waals surface area contributed by atoms with Gasteiger partial charge in [0.1, 0.15) is 11.8 Å². The highest BCUT2D eigenvalue weighted by molar-refractivity contribution is 5.73. The highest BCUT2D eigenvalue weighted by Gasteiger charge is 2.26. The standard InChI is InChI=1S/C19H22N8O2/c1-11-7-16-21-10-22-26(16)9-14(11)23-18-20-8-15-17(24-18)27(19(29)25(15)2)12-3-5-13(28)6-4-12/h7-10,12-13,28H,3-6H2,1-2H3,(H,20,23,24)/t12-,13+. The zero-order chi connectivity index (χ0) is 20.1. The number of imidazole rings is 1. The lowest BCUT2D eigenvalue weighted by Crippen LogP contribution is -2.30. The number of nitrogens with one attached hydrogen (secondary N) is 1. The van der Waals surface area contributed by atoms with Crippen LogP contribution < -0.4 is 11.0 Å². The third kappa shape index (κ3) is 2.96. The number of aliphatic hydroxyl groups is 1.